The molecule has 20 heavy (non-hydrogen) atoms. The largest absolute Gasteiger partial charge is 0.478 e. The normalized spacial score (nSPS) is 10.0. The molecule has 0 aliphatic rings. The highest BCUT2D eigenvalue weighted by atomic mass is 16.4. The summed E-state index contributed by atoms with van der Waals surface area (Å²) in [5, 5.41) is 20.6. The Hall–Kier alpha value is -2.83. The number of carbonyl (C=O) groups is 2. The van der Waals surface area contributed by atoms with Crippen molar-refractivity contribution in [3.05, 3.63) is 53.3 Å². The van der Waals surface area contributed by atoms with E-state index in [1.165, 1.54) is 12.1 Å². The molecule has 2 rings (SSSR count). The van der Waals surface area contributed by atoms with Gasteiger partial charge in [-0.15, -0.1) is 0 Å². The Morgan fingerprint density at radius 2 is 1.75 bits per heavy atom. The van der Waals surface area contributed by atoms with E-state index in [-0.39, 0.29) is 11.6 Å². The minimum absolute atomic E-state index is 0.221. The average Bonchev–Trinajstić information content (AvgIpc) is 2.96. The molecule has 0 saturated carbocycles. The first-order valence-corrected chi connectivity index (χ1v) is 5.97. The molecular weight excluding hydrogens is 260 g/mol. The standard InChI is InChI=1S/C13H14N4O3/c18-12(19)11-3-1-9(2-4-11)5-14-13(20)15-6-10-7-16-17-8-10/h1-4,7-8H,5-6H2,(H,16,17)(H,18,19)(H2,14,15,20). The van der Waals surface area contributed by atoms with Crippen LogP contribution in [0, 0.1) is 0 Å². The van der Waals surface area contributed by atoms with Crippen molar-refractivity contribution in [1.82, 2.24) is 20.8 Å². The van der Waals surface area contributed by atoms with Gasteiger partial charge in [-0.1, -0.05) is 12.1 Å². The van der Waals surface area contributed by atoms with Crippen molar-refractivity contribution in [1.29, 1.82) is 0 Å². The number of rotatable bonds is 5. The van der Waals surface area contributed by atoms with Crippen molar-refractivity contribution in [3.8, 4) is 0 Å². The SMILES string of the molecule is O=C(NCc1ccc(C(=O)O)cc1)NCc1cn[nH]c1. The molecule has 104 valence electrons. The molecule has 0 saturated heterocycles. The molecule has 1 aromatic heterocycles. The van der Waals surface area contributed by atoms with Gasteiger partial charge in [-0.05, 0) is 17.7 Å². The van der Waals surface area contributed by atoms with Crippen LogP contribution in [0.1, 0.15) is 21.5 Å². The van der Waals surface area contributed by atoms with Crippen molar-refractivity contribution in [2.75, 3.05) is 0 Å². The van der Waals surface area contributed by atoms with E-state index >= 15 is 0 Å². The number of nitrogens with one attached hydrogen (secondary N) is 3. The molecule has 0 bridgehead atoms. The predicted molar refractivity (Wildman–Crippen MR) is 71.1 cm³/mol. The van der Waals surface area contributed by atoms with Gasteiger partial charge in [0.15, 0.2) is 0 Å². The first-order chi connectivity index (χ1) is 9.65. The highest BCUT2D eigenvalue weighted by Gasteiger charge is 2.03. The molecule has 0 fully saturated rings. The molecule has 0 radical (unpaired) electrons. The van der Waals surface area contributed by atoms with Crippen molar-refractivity contribution in [3.63, 3.8) is 0 Å². The molecule has 0 atom stereocenters. The molecule has 1 aromatic carbocycles. The molecule has 0 spiro atoms. The van der Waals surface area contributed by atoms with Crippen LogP contribution in [0.25, 0.3) is 0 Å². The van der Waals surface area contributed by atoms with Crippen LogP contribution in [0.2, 0.25) is 0 Å². The monoisotopic (exact) mass is 274 g/mol. The molecule has 1 heterocycles. The highest BCUT2D eigenvalue weighted by molar-refractivity contribution is 5.87. The highest BCUT2D eigenvalue weighted by Crippen LogP contribution is 2.04. The van der Waals surface area contributed by atoms with Gasteiger partial charge >= 0.3 is 12.0 Å². The van der Waals surface area contributed by atoms with E-state index in [1.807, 2.05) is 0 Å². The van der Waals surface area contributed by atoms with Crippen LogP contribution < -0.4 is 10.6 Å². The van der Waals surface area contributed by atoms with Crippen molar-refractivity contribution < 1.29 is 14.7 Å². The molecule has 4 N–H and O–H groups in total. The maximum atomic E-state index is 11.5. The second-order valence-corrected chi connectivity index (χ2v) is 4.14. The molecule has 0 unspecified atom stereocenters. The summed E-state index contributed by atoms with van der Waals surface area (Å²) in [5.74, 6) is -0.970. The van der Waals surface area contributed by atoms with E-state index in [1.54, 1.807) is 24.5 Å². The summed E-state index contributed by atoms with van der Waals surface area (Å²) in [7, 11) is 0. The van der Waals surface area contributed by atoms with Gasteiger partial charge in [-0.3, -0.25) is 5.10 Å². The summed E-state index contributed by atoms with van der Waals surface area (Å²) in [6, 6.07) is 6.04. The Morgan fingerprint density at radius 1 is 1.10 bits per heavy atom. The van der Waals surface area contributed by atoms with Gasteiger partial charge in [0.1, 0.15) is 0 Å². The predicted octanol–water partition coefficient (Wildman–Crippen LogP) is 1.11. The van der Waals surface area contributed by atoms with Gasteiger partial charge in [0, 0.05) is 24.8 Å². The third-order valence-corrected chi connectivity index (χ3v) is 2.66. The molecule has 2 amide bonds. The molecule has 2 aromatic rings. The van der Waals surface area contributed by atoms with Gasteiger partial charge in [-0.25, -0.2) is 9.59 Å². The van der Waals surface area contributed by atoms with Crippen molar-refractivity contribution in [2.24, 2.45) is 0 Å². The van der Waals surface area contributed by atoms with E-state index < -0.39 is 5.97 Å². The number of urea groups is 1. The summed E-state index contributed by atoms with van der Waals surface area (Å²) >= 11 is 0. The third-order valence-electron chi connectivity index (χ3n) is 2.66. The maximum Gasteiger partial charge on any atom is 0.335 e. The second-order valence-electron chi connectivity index (χ2n) is 4.14. The second kappa shape index (κ2) is 6.37. The van der Waals surface area contributed by atoms with E-state index in [0.29, 0.717) is 13.1 Å². The molecule has 0 aliphatic heterocycles. The average molecular weight is 274 g/mol. The van der Waals surface area contributed by atoms with Crippen LogP contribution in [0.4, 0.5) is 4.79 Å². The zero-order valence-corrected chi connectivity index (χ0v) is 10.6. The van der Waals surface area contributed by atoms with Gasteiger partial charge in [0.2, 0.25) is 0 Å². The van der Waals surface area contributed by atoms with Gasteiger partial charge in [0.05, 0.1) is 11.8 Å². The minimum Gasteiger partial charge on any atom is -0.478 e. The zero-order valence-electron chi connectivity index (χ0n) is 10.6. The fourth-order valence-electron chi connectivity index (χ4n) is 1.57. The summed E-state index contributed by atoms with van der Waals surface area (Å²) in [4.78, 5) is 22.2. The van der Waals surface area contributed by atoms with Crippen LogP contribution in [-0.4, -0.2) is 27.3 Å². The van der Waals surface area contributed by atoms with E-state index in [9.17, 15) is 9.59 Å². The number of benzene rings is 1. The zero-order chi connectivity index (χ0) is 14.4. The Kier molecular flexibility index (Phi) is 4.33. The summed E-state index contributed by atoms with van der Waals surface area (Å²) < 4.78 is 0. The number of aromatic amines is 1. The maximum absolute atomic E-state index is 11.5. The van der Waals surface area contributed by atoms with Crippen LogP contribution in [0.5, 0.6) is 0 Å². The lowest BCUT2D eigenvalue weighted by molar-refractivity contribution is 0.0697. The quantitative estimate of drug-likeness (QED) is 0.655. The number of H-pyrrole nitrogens is 1. The number of nitrogens with zero attached hydrogens (tertiary/aromatic N) is 1. The van der Waals surface area contributed by atoms with Gasteiger partial charge in [-0.2, -0.15) is 5.10 Å². The van der Waals surface area contributed by atoms with Crippen LogP contribution in [-0.2, 0) is 13.1 Å². The number of hydrogen-bond donors (Lipinski definition) is 4. The number of hydrogen-bond acceptors (Lipinski definition) is 3. The van der Waals surface area contributed by atoms with E-state index in [2.05, 4.69) is 20.8 Å². The number of carbonyl (C=O) groups excluding carboxylic acids is 1. The number of aromatic nitrogens is 2. The van der Waals surface area contributed by atoms with Crippen molar-refractivity contribution in [2.45, 2.75) is 13.1 Å². The Labute approximate surface area is 115 Å². The van der Waals surface area contributed by atoms with Gasteiger partial charge < -0.3 is 15.7 Å². The number of aromatic carboxylic acids is 1. The van der Waals surface area contributed by atoms with Crippen LogP contribution in [0.3, 0.4) is 0 Å². The first kappa shape index (κ1) is 13.6. The lowest BCUT2D eigenvalue weighted by Crippen LogP contribution is -2.34. The summed E-state index contributed by atoms with van der Waals surface area (Å²) in [6.07, 6.45) is 3.33. The van der Waals surface area contributed by atoms with Crippen molar-refractivity contribution >= 4 is 12.0 Å². The lowest BCUT2D eigenvalue weighted by atomic mass is 10.1. The van der Waals surface area contributed by atoms with Crippen LogP contribution >= 0.6 is 0 Å². The molecule has 7 heteroatoms. The Balaban J connectivity index is 1.76. The fraction of sp³-hybridized carbons (Fsp3) is 0.154. The Bertz CT molecular complexity index is 578. The summed E-state index contributed by atoms with van der Waals surface area (Å²) in [5.41, 5.74) is 1.93. The van der Waals surface area contributed by atoms with E-state index in [0.717, 1.165) is 11.1 Å². The topological polar surface area (TPSA) is 107 Å². The smallest absolute Gasteiger partial charge is 0.335 e. The summed E-state index contributed by atoms with van der Waals surface area (Å²) in [6.45, 7) is 0.720. The fourth-order valence-corrected chi connectivity index (χ4v) is 1.57. The molecule has 7 nitrogen and oxygen atoms in total. The number of carboxylic acid groups (broad SMARTS) is 1. The van der Waals surface area contributed by atoms with Gasteiger partial charge in [0.25, 0.3) is 0 Å². The third kappa shape index (κ3) is 3.84. The Morgan fingerprint density at radius 3 is 2.30 bits per heavy atom. The van der Waals surface area contributed by atoms with Crippen LogP contribution in [0.15, 0.2) is 36.7 Å². The number of carboxylic acids is 1. The lowest BCUT2D eigenvalue weighted by Gasteiger charge is -2.07. The first-order valence-electron chi connectivity index (χ1n) is 5.97. The number of amides is 2. The minimum atomic E-state index is -0.970. The molecule has 0 aliphatic carbocycles. The van der Waals surface area contributed by atoms with E-state index in [4.69, 9.17) is 5.11 Å². The molecular formula is C13H14N4O3.